The fraction of sp³-hybridized carbons (Fsp3) is 0.789. The van der Waals surface area contributed by atoms with Crippen molar-refractivity contribution in [1.29, 1.82) is 0 Å². The zero-order valence-corrected chi connectivity index (χ0v) is 20.3. The summed E-state index contributed by atoms with van der Waals surface area (Å²) in [5.74, 6) is 0.410. The number of alkyl halides is 3. The Labute approximate surface area is 198 Å². The molecule has 2 heterocycles. The molecule has 1 aromatic heterocycles. The summed E-state index contributed by atoms with van der Waals surface area (Å²) in [4.78, 5) is 8.04. The molecule has 8 nitrogen and oxygen atoms in total. The van der Waals surface area contributed by atoms with Crippen molar-refractivity contribution in [3.05, 3.63) is 18.2 Å². The first-order chi connectivity index (χ1) is 14.3. The van der Waals surface area contributed by atoms with Crippen LogP contribution in [0.1, 0.15) is 32.0 Å². The number of nitrogens with zero attached hydrogens (tertiary/aromatic N) is 3. The minimum atomic E-state index is -4.86. The molecule has 0 saturated carbocycles. The second-order valence-electron chi connectivity index (χ2n) is 7.32. The van der Waals surface area contributed by atoms with Crippen LogP contribution in [0.4, 0.5) is 13.2 Å². The summed E-state index contributed by atoms with van der Waals surface area (Å²) in [6, 6.07) is 0. The highest BCUT2D eigenvalue weighted by molar-refractivity contribution is 14.0. The van der Waals surface area contributed by atoms with Crippen LogP contribution in [-0.4, -0.2) is 72.9 Å². The largest absolute Gasteiger partial charge is 0.424 e. The lowest BCUT2D eigenvalue weighted by Crippen LogP contribution is -2.48. The Morgan fingerprint density at radius 1 is 1.42 bits per heavy atom. The molecular formula is C19H33F3IN5O3. The standard InChI is InChI=1S/C19H32F3N5O3.HI/c1-3-23-17(25-7-4-11-29-13-15-5-12-30-14-15)26-8-6-18(28,19(20,21)22)16-24-9-10-27(16)2;/h9-10,15,28H,3-8,11-14H2,1-2H3,(H2,23,25,26);1H. The number of halogens is 4. The zero-order chi connectivity index (χ0) is 22.0. The highest BCUT2D eigenvalue weighted by atomic mass is 127. The summed E-state index contributed by atoms with van der Waals surface area (Å²) >= 11 is 0. The fourth-order valence-electron chi connectivity index (χ4n) is 3.17. The van der Waals surface area contributed by atoms with E-state index in [-0.39, 0.29) is 30.5 Å². The van der Waals surface area contributed by atoms with Crippen LogP contribution in [0.25, 0.3) is 0 Å². The number of aliphatic hydroxyl groups is 1. The van der Waals surface area contributed by atoms with Crippen LogP contribution in [0.3, 0.4) is 0 Å². The van der Waals surface area contributed by atoms with Crippen LogP contribution in [0, 0.1) is 5.92 Å². The molecule has 1 fully saturated rings. The van der Waals surface area contributed by atoms with Crippen LogP contribution in [0.15, 0.2) is 17.4 Å². The lowest BCUT2D eigenvalue weighted by molar-refractivity contribution is -0.272. The van der Waals surface area contributed by atoms with Gasteiger partial charge in [0.05, 0.1) is 13.2 Å². The van der Waals surface area contributed by atoms with Gasteiger partial charge < -0.3 is 29.8 Å². The van der Waals surface area contributed by atoms with Crippen LogP contribution < -0.4 is 10.6 Å². The summed E-state index contributed by atoms with van der Waals surface area (Å²) < 4.78 is 52.7. The summed E-state index contributed by atoms with van der Waals surface area (Å²) in [6.07, 6.45) is -1.14. The van der Waals surface area contributed by atoms with Crippen molar-refractivity contribution < 1.29 is 27.8 Å². The topological polar surface area (TPSA) is 92.9 Å². The summed E-state index contributed by atoms with van der Waals surface area (Å²) in [5.41, 5.74) is -3.05. The van der Waals surface area contributed by atoms with Gasteiger partial charge in [0, 0.05) is 64.6 Å². The zero-order valence-electron chi connectivity index (χ0n) is 18.0. The Kier molecular flexibility index (Phi) is 12.1. The number of aromatic nitrogens is 2. The van der Waals surface area contributed by atoms with Crippen LogP contribution in [0.2, 0.25) is 0 Å². The number of aliphatic imine (C=N–C) groups is 1. The molecule has 0 radical (unpaired) electrons. The van der Waals surface area contributed by atoms with Gasteiger partial charge in [-0.3, -0.25) is 4.99 Å². The molecule has 1 saturated heterocycles. The van der Waals surface area contributed by atoms with E-state index in [9.17, 15) is 18.3 Å². The molecule has 31 heavy (non-hydrogen) atoms. The second-order valence-corrected chi connectivity index (χ2v) is 7.32. The first kappa shape index (κ1) is 27.9. The van der Waals surface area contributed by atoms with E-state index in [0.29, 0.717) is 44.6 Å². The number of imidazole rings is 1. The van der Waals surface area contributed by atoms with Crippen LogP contribution in [0.5, 0.6) is 0 Å². The molecule has 2 atom stereocenters. The second kappa shape index (κ2) is 13.4. The molecule has 2 rings (SSSR count). The molecule has 12 heteroatoms. The minimum Gasteiger partial charge on any atom is -0.381 e. The molecule has 1 aliphatic rings. The fourth-order valence-corrected chi connectivity index (χ4v) is 3.17. The maximum absolute atomic E-state index is 13.6. The third-order valence-electron chi connectivity index (χ3n) is 4.88. The van der Waals surface area contributed by atoms with Gasteiger partial charge in [0.15, 0.2) is 5.96 Å². The maximum Gasteiger partial charge on any atom is 0.424 e. The molecule has 0 aromatic carbocycles. The van der Waals surface area contributed by atoms with Crippen LogP contribution in [-0.2, 0) is 22.1 Å². The third-order valence-corrected chi connectivity index (χ3v) is 4.88. The number of ether oxygens (including phenoxy) is 2. The molecular weight excluding hydrogens is 530 g/mol. The van der Waals surface area contributed by atoms with Gasteiger partial charge in [0.25, 0.3) is 0 Å². The summed E-state index contributed by atoms with van der Waals surface area (Å²) in [6.45, 7) is 5.54. The van der Waals surface area contributed by atoms with E-state index in [0.717, 1.165) is 19.6 Å². The third kappa shape index (κ3) is 8.39. The molecule has 0 bridgehead atoms. The highest BCUT2D eigenvalue weighted by Crippen LogP contribution is 2.40. The van der Waals surface area contributed by atoms with Crippen molar-refractivity contribution in [1.82, 2.24) is 20.2 Å². The average molecular weight is 563 g/mol. The number of nitrogens with one attached hydrogen (secondary N) is 2. The molecule has 0 amide bonds. The Bertz CT molecular complexity index is 668. The van der Waals surface area contributed by atoms with Crippen LogP contribution >= 0.6 is 24.0 Å². The van der Waals surface area contributed by atoms with E-state index in [2.05, 4.69) is 20.6 Å². The Hall–Kier alpha value is -1.12. The number of hydrogen-bond donors (Lipinski definition) is 3. The quantitative estimate of drug-likeness (QED) is 0.166. The van der Waals surface area contributed by atoms with E-state index in [1.165, 1.54) is 24.0 Å². The number of aryl methyl sites for hydroxylation is 1. The first-order valence-corrected chi connectivity index (χ1v) is 10.2. The minimum absolute atomic E-state index is 0. The van der Waals surface area contributed by atoms with Gasteiger partial charge in [-0.1, -0.05) is 0 Å². The highest BCUT2D eigenvalue weighted by Gasteiger charge is 2.57. The van der Waals surface area contributed by atoms with Gasteiger partial charge in [0.1, 0.15) is 5.82 Å². The average Bonchev–Trinajstić information content (AvgIpc) is 3.35. The molecule has 0 spiro atoms. The smallest absolute Gasteiger partial charge is 0.381 e. The van der Waals surface area contributed by atoms with Gasteiger partial charge in [0.2, 0.25) is 5.60 Å². The Balaban J connectivity index is 0.00000480. The van der Waals surface area contributed by atoms with Crippen molar-refractivity contribution in [2.75, 3.05) is 46.1 Å². The number of hydrogen-bond acceptors (Lipinski definition) is 5. The normalized spacial score (nSPS) is 19.0. The monoisotopic (exact) mass is 563 g/mol. The van der Waals surface area contributed by atoms with Crippen molar-refractivity contribution in [3.8, 4) is 0 Å². The van der Waals surface area contributed by atoms with E-state index in [4.69, 9.17) is 9.47 Å². The van der Waals surface area contributed by atoms with E-state index < -0.39 is 24.0 Å². The Morgan fingerprint density at radius 2 is 2.19 bits per heavy atom. The van der Waals surface area contributed by atoms with Gasteiger partial charge in [-0.25, -0.2) is 4.98 Å². The SMILES string of the molecule is CCNC(=NCCCOCC1CCOC1)NCCC(O)(c1nccn1C)C(F)(F)F.I. The van der Waals surface area contributed by atoms with Crippen molar-refractivity contribution >= 4 is 29.9 Å². The lowest BCUT2D eigenvalue weighted by Gasteiger charge is -2.30. The molecule has 1 aromatic rings. The van der Waals surface area contributed by atoms with E-state index in [1.807, 2.05) is 6.92 Å². The molecule has 1 aliphatic heterocycles. The first-order valence-electron chi connectivity index (χ1n) is 10.2. The van der Waals surface area contributed by atoms with E-state index in [1.54, 1.807) is 0 Å². The molecule has 2 unspecified atom stereocenters. The van der Waals surface area contributed by atoms with Gasteiger partial charge in [-0.2, -0.15) is 13.2 Å². The molecule has 0 aliphatic carbocycles. The van der Waals surface area contributed by atoms with Gasteiger partial charge in [-0.05, 0) is 19.8 Å². The maximum atomic E-state index is 13.6. The van der Waals surface area contributed by atoms with Crippen molar-refractivity contribution in [3.63, 3.8) is 0 Å². The van der Waals surface area contributed by atoms with Gasteiger partial charge in [-0.15, -0.1) is 24.0 Å². The Morgan fingerprint density at radius 3 is 2.77 bits per heavy atom. The molecule has 180 valence electrons. The summed E-state index contributed by atoms with van der Waals surface area (Å²) in [5, 5.41) is 16.2. The lowest BCUT2D eigenvalue weighted by atomic mass is 9.97. The predicted octanol–water partition coefficient (Wildman–Crippen LogP) is 2.18. The molecule has 3 N–H and O–H groups in total. The summed E-state index contributed by atoms with van der Waals surface area (Å²) in [7, 11) is 1.42. The van der Waals surface area contributed by atoms with E-state index >= 15 is 0 Å². The number of rotatable bonds is 11. The number of guanidine groups is 1. The predicted molar refractivity (Wildman–Crippen MR) is 122 cm³/mol. The van der Waals surface area contributed by atoms with Crippen molar-refractivity contribution in [2.24, 2.45) is 18.0 Å². The van der Waals surface area contributed by atoms with Crippen molar-refractivity contribution in [2.45, 2.75) is 38.0 Å². The van der Waals surface area contributed by atoms with Gasteiger partial charge >= 0.3 is 6.18 Å².